The molecule has 0 amide bonds. The van der Waals surface area contributed by atoms with Gasteiger partial charge in [0, 0.05) is 56.2 Å². The van der Waals surface area contributed by atoms with Crippen LogP contribution in [0, 0.1) is 0 Å². The summed E-state index contributed by atoms with van der Waals surface area (Å²) in [6.07, 6.45) is 8.95. The van der Waals surface area contributed by atoms with Crippen molar-refractivity contribution in [1.82, 2.24) is 13.7 Å². The van der Waals surface area contributed by atoms with Crippen LogP contribution in [-0.4, -0.2) is 14.8 Å². The van der Waals surface area contributed by atoms with Gasteiger partial charge in [-0.05, 0) is 30.3 Å². The molecule has 0 spiro atoms. The topological polar surface area (TPSA) is 26.0 Å². The molecule has 1 aliphatic heterocycles. The zero-order valence-electron chi connectivity index (χ0n) is 24.8. The number of aromatic nitrogens is 2. The number of rotatable bonds is 2. The highest BCUT2D eigenvalue weighted by atomic mass is 16.3. The van der Waals surface area contributed by atoms with Crippen LogP contribution in [0.5, 0.6) is 0 Å². The fraction of sp³-hybridized carbons (Fsp3) is 0.0238. The summed E-state index contributed by atoms with van der Waals surface area (Å²) in [5.41, 5.74) is 11.3. The van der Waals surface area contributed by atoms with Gasteiger partial charge in [0.05, 0.1) is 16.6 Å². The molecule has 46 heavy (non-hydrogen) atoms. The van der Waals surface area contributed by atoms with E-state index in [1.807, 2.05) is 6.07 Å². The predicted octanol–water partition coefficient (Wildman–Crippen LogP) is 10.7. The van der Waals surface area contributed by atoms with Crippen molar-refractivity contribution < 1.29 is 4.42 Å². The lowest BCUT2D eigenvalue weighted by molar-refractivity contribution is 0.665. The standard InChI is InChI=1S/C42H26N3O/c1-2-12-26(13-3-1)43-33-18-6-4-14-27(33)30-24-25-31-29-16-10-21-36-39(29)45(41(31)40(30)43)35-20-8-7-19-34(35)44(36)37-22-11-17-32-28-15-5-9-23-38(28)46-42(32)37/h1-25,35H/q+1. The maximum absolute atomic E-state index is 6.61. The van der Waals surface area contributed by atoms with Crippen LogP contribution in [0.2, 0.25) is 0 Å². The molecule has 0 radical (unpaired) electrons. The Labute approximate surface area is 263 Å². The van der Waals surface area contributed by atoms with Gasteiger partial charge in [0.1, 0.15) is 17.1 Å². The van der Waals surface area contributed by atoms with Crippen molar-refractivity contribution >= 4 is 82.6 Å². The monoisotopic (exact) mass is 588 g/mol. The van der Waals surface area contributed by atoms with Gasteiger partial charge in [-0.25, -0.2) is 0 Å². The first-order valence-corrected chi connectivity index (χ1v) is 15.8. The van der Waals surface area contributed by atoms with E-state index in [2.05, 4.69) is 159 Å². The molecule has 1 unspecified atom stereocenters. The van der Waals surface area contributed by atoms with Crippen LogP contribution in [0.15, 0.2) is 156 Å². The molecule has 4 heterocycles. The summed E-state index contributed by atoms with van der Waals surface area (Å²) in [5, 5.41) is 7.31. The molecule has 0 bridgehead atoms. The highest BCUT2D eigenvalue weighted by molar-refractivity contribution is 6.26. The van der Waals surface area contributed by atoms with Gasteiger partial charge in [-0.1, -0.05) is 103 Å². The molecule has 0 N–H and O–H groups in total. The number of para-hydroxylation sites is 5. The largest absolute Gasteiger partial charge is 0.449 e. The van der Waals surface area contributed by atoms with Crippen molar-refractivity contribution in [2.75, 3.05) is 0 Å². The highest BCUT2D eigenvalue weighted by Gasteiger charge is 2.39. The first-order valence-electron chi connectivity index (χ1n) is 15.8. The van der Waals surface area contributed by atoms with Crippen LogP contribution >= 0.6 is 0 Å². The summed E-state index contributed by atoms with van der Waals surface area (Å²) < 4.78 is 14.1. The zero-order chi connectivity index (χ0) is 29.9. The molecule has 1 atom stereocenters. The van der Waals surface area contributed by atoms with Crippen LogP contribution in [-0.2, 0) is 0 Å². The van der Waals surface area contributed by atoms with Gasteiger partial charge in [0.15, 0.2) is 0 Å². The van der Waals surface area contributed by atoms with Gasteiger partial charge in [0.25, 0.3) is 5.69 Å². The molecule has 4 nitrogen and oxygen atoms in total. The van der Waals surface area contributed by atoms with Gasteiger partial charge >= 0.3 is 0 Å². The molecule has 4 heteroatoms. The Morgan fingerprint density at radius 2 is 1.22 bits per heavy atom. The minimum Gasteiger partial charge on any atom is -0.449 e. The second-order valence-electron chi connectivity index (χ2n) is 12.3. The van der Waals surface area contributed by atoms with E-state index in [4.69, 9.17) is 4.42 Å². The number of benzene rings is 6. The predicted molar refractivity (Wildman–Crippen MR) is 191 cm³/mol. The third-order valence-electron chi connectivity index (χ3n) is 9.99. The molecule has 6 aromatic carbocycles. The molecule has 11 rings (SSSR count). The fourth-order valence-corrected chi connectivity index (χ4v) is 8.18. The van der Waals surface area contributed by atoms with E-state index in [1.165, 1.54) is 49.3 Å². The maximum atomic E-state index is 6.61. The van der Waals surface area contributed by atoms with E-state index in [1.54, 1.807) is 0 Å². The molecule has 3 aromatic heterocycles. The van der Waals surface area contributed by atoms with E-state index in [-0.39, 0.29) is 6.04 Å². The molecule has 0 fully saturated rings. The van der Waals surface area contributed by atoms with Crippen molar-refractivity contribution in [1.29, 1.82) is 0 Å². The van der Waals surface area contributed by atoms with Crippen LogP contribution in [0.25, 0.3) is 71.2 Å². The Kier molecular flexibility index (Phi) is 4.60. The minimum absolute atomic E-state index is 0.00706. The molecule has 0 saturated heterocycles. The van der Waals surface area contributed by atoms with Crippen LogP contribution in [0.1, 0.15) is 6.04 Å². The number of hydrogen-bond donors (Lipinski definition) is 0. The number of furan rings is 1. The molecule has 0 saturated carbocycles. The Bertz CT molecular complexity index is 2860. The van der Waals surface area contributed by atoms with Gasteiger partial charge in [-0.2, -0.15) is 4.58 Å². The van der Waals surface area contributed by atoms with E-state index in [9.17, 15) is 0 Å². The van der Waals surface area contributed by atoms with Crippen LogP contribution in [0.3, 0.4) is 0 Å². The number of hydrogen-bond acceptors (Lipinski definition) is 1. The smallest absolute Gasteiger partial charge is 0.255 e. The number of fused-ring (bicyclic) bond motifs is 12. The van der Waals surface area contributed by atoms with Gasteiger partial charge < -0.3 is 13.6 Å². The highest BCUT2D eigenvalue weighted by Crippen LogP contribution is 2.48. The zero-order valence-corrected chi connectivity index (χ0v) is 24.8. The summed E-state index contributed by atoms with van der Waals surface area (Å²) in [7, 11) is 0. The van der Waals surface area contributed by atoms with Crippen molar-refractivity contribution in [2.45, 2.75) is 6.04 Å². The Morgan fingerprint density at radius 3 is 2.11 bits per heavy atom. The molecular weight excluding hydrogens is 562 g/mol. The lowest BCUT2D eigenvalue weighted by atomic mass is 10.0. The van der Waals surface area contributed by atoms with Crippen molar-refractivity contribution in [3.05, 3.63) is 152 Å². The second-order valence-corrected chi connectivity index (χ2v) is 12.3. The van der Waals surface area contributed by atoms with E-state index in [0.29, 0.717) is 0 Å². The third kappa shape index (κ3) is 2.96. The summed E-state index contributed by atoms with van der Waals surface area (Å²) in [6, 6.07) is 45.8. The van der Waals surface area contributed by atoms with Crippen LogP contribution < -0.4 is 4.58 Å². The van der Waals surface area contributed by atoms with Crippen molar-refractivity contribution in [3.8, 4) is 5.69 Å². The molecule has 1 aliphatic carbocycles. The lowest BCUT2D eigenvalue weighted by Gasteiger charge is -2.25. The fourth-order valence-electron chi connectivity index (χ4n) is 8.18. The number of nitrogens with zero attached hydrogens (tertiary/aromatic N) is 3. The molecular formula is C42H26N3O+. The Morgan fingerprint density at radius 1 is 0.522 bits per heavy atom. The molecule has 9 aromatic rings. The average Bonchev–Trinajstić information content (AvgIpc) is 3.78. The van der Waals surface area contributed by atoms with Crippen molar-refractivity contribution in [3.63, 3.8) is 0 Å². The van der Waals surface area contributed by atoms with Crippen LogP contribution in [0.4, 0.5) is 11.4 Å². The van der Waals surface area contributed by atoms with E-state index in [0.717, 1.165) is 39.0 Å². The summed E-state index contributed by atoms with van der Waals surface area (Å²) >= 11 is 0. The second kappa shape index (κ2) is 8.74. The maximum Gasteiger partial charge on any atom is 0.255 e. The first kappa shape index (κ1) is 24.2. The van der Waals surface area contributed by atoms with Gasteiger partial charge in [-0.3, -0.25) is 0 Å². The quantitative estimate of drug-likeness (QED) is 0.185. The van der Waals surface area contributed by atoms with Gasteiger partial charge in [0.2, 0.25) is 17.0 Å². The first-order chi connectivity index (χ1) is 22.9. The normalized spacial score (nSPS) is 15.8. The van der Waals surface area contributed by atoms with Crippen molar-refractivity contribution in [2.24, 2.45) is 0 Å². The molecule has 2 aliphatic rings. The Balaban J connectivity index is 1.32. The summed E-state index contributed by atoms with van der Waals surface area (Å²) in [4.78, 5) is 0. The minimum atomic E-state index is -0.00706. The SMILES string of the molecule is C1=CC2=[N+](c3cccc4c3oc3ccccc34)c3cccc4c5ccc6c7ccccc7n(-c7ccccc7)c6c5n(c34)C2C=C1. The van der Waals surface area contributed by atoms with E-state index < -0.39 is 0 Å². The Hall–Kier alpha value is -6.13. The molecule has 214 valence electrons. The van der Waals surface area contributed by atoms with Gasteiger partial charge in [-0.15, -0.1) is 0 Å². The number of allylic oxidation sites excluding steroid dienone is 4. The third-order valence-corrected chi connectivity index (χ3v) is 9.99. The average molecular weight is 589 g/mol. The lowest BCUT2D eigenvalue weighted by Crippen LogP contribution is -2.30. The summed E-state index contributed by atoms with van der Waals surface area (Å²) in [5.74, 6) is 0. The van der Waals surface area contributed by atoms with E-state index >= 15 is 0 Å². The summed E-state index contributed by atoms with van der Waals surface area (Å²) in [6.45, 7) is 0.